The van der Waals surface area contributed by atoms with Gasteiger partial charge >= 0.3 is 0 Å². The highest BCUT2D eigenvalue weighted by atomic mass is 19.3. The third-order valence-corrected chi connectivity index (χ3v) is 6.23. The molecule has 1 fully saturated rings. The Morgan fingerprint density at radius 1 is 1.09 bits per heavy atom. The normalized spacial score (nSPS) is 21.3. The zero-order chi connectivity index (χ0) is 23.2. The molecule has 4 aromatic rings. The van der Waals surface area contributed by atoms with Crippen molar-refractivity contribution in [2.24, 2.45) is 11.7 Å². The van der Waals surface area contributed by atoms with Gasteiger partial charge in [0.1, 0.15) is 5.69 Å². The third-order valence-electron chi connectivity index (χ3n) is 6.23. The fourth-order valence-corrected chi connectivity index (χ4v) is 4.26. The number of hydrogen-bond donors (Lipinski definition) is 2. The number of aliphatic hydroxyl groups is 1. The van der Waals surface area contributed by atoms with Crippen LogP contribution in [-0.4, -0.2) is 37.8 Å². The van der Waals surface area contributed by atoms with Gasteiger partial charge in [-0.25, -0.2) is 18.4 Å². The Labute approximate surface area is 188 Å². The number of alkyl halides is 2. The van der Waals surface area contributed by atoms with Gasteiger partial charge in [-0.1, -0.05) is 24.3 Å². The molecule has 3 aromatic heterocycles. The largest absolute Gasteiger partial charge is 0.365 e. The molecule has 33 heavy (non-hydrogen) atoms. The molecule has 0 spiro atoms. The van der Waals surface area contributed by atoms with Crippen LogP contribution in [-0.2, 0) is 4.74 Å². The molecule has 1 aliphatic carbocycles. The predicted octanol–water partition coefficient (Wildman–Crippen LogP) is 4.16. The highest BCUT2D eigenvalue weighted by molar-refractivity contribution is 5.84. The highest BCUT2D eigenvalue weighted by Gasteiger charge is 2.46. The van der Waals surface area contributed by atoms with Crippen molar-refractivity contribution in [1.82, 2.24) is 19.7 Å². The molecule has 0 bridgehead atoms. The van der Waals surface area contributed by atoms with E-state index in [2.05, 4.69) is 10.1 Å². The summed E-state index contributed by atoms with van der Waals surface area (Å²) in [6, 6.07) is 15.6. The summed E-state index contributed by atoms with van der Waals surface area (Å²) >= 11 is 0. The summed E-state index contributed by atoms with van der Waals surface area (Å²) in [5.41, 5.74) is 9.15. The number of ether oxygens (including phenoxy) is 1. The summed E-state index contributed by atoms with van der Waals surface area (Å²) in [4.78, 5) is 8.80. The standard InChI is InChI=1S/C24H23F2N5O2/c1-33-24(32)11-16(12-24)22(27)18-5-2-4-17(29-18)14-8-9-15-13-28-31(20(15)10-14)21-7-3-6-19(30-21)23(25)26/h2-10,13,16,22-23,32H,11-12,27H2,1H3/t16?,22-,24?/m0/s1. The van der Waals surface area contributed by atoms with Crippen molar-refractivity contribution in [3.63, 3.8) is 0 Å². The van der Waals surface area contributed by atoms with Gasteiger partial charge in [0.25, 0.3) is 6.43 Å². The Bertz CT molecular complexity index is 1300. The number of fused-ring (bicyclic) bond motifs is 1. The maximum Gasteiger partial charge on any atom is 0.280 e. The van der Waals surface area contributed by atoms with Crippen LogP contribution < -0.4 is 5.73 Å². The summed E-state index contributed by atoms with van der Waals surface area (Å²) in [6.07, 6.45) is -0.0592. The van der Waals surface area contributed by atoms with E-state index in [1.165, 1.54) is 13.2 Å². The van der Waals surface area contributed by atoms with Gasteiger partial charge in [0.15, 0.2) is 11.6 Å². The molecule has 170 valence electrons. The molecule has 3 heterocycles. The Morgan fingerprint density at radius 2 is 1.85 bits per heavy atom. The second kappa shape index (κ2) is 8.26. The summed E-state index contributed by atoms with van der Waals surface area (Å²) in [5, 5.41) is 15.3. The van der Waals surface area contributed by atoms with Crippen LogP contribution in [0.3, 0.4) is 0 Å². The molecule has 0 amide bonds. The van der Waals surface area contributed by atoms with Crippen LogP contribution in [0.25, 0.3) is 28.0 Å². The SMILES string of the molecule is COC1(O)CC([C@H](N)c2cccc(-c3ccc4cnn(-c5cccc(C(F)F)n5)c4c3)n2)C1. The van der Waals surface area contributed by atoms with Gasteiger partial charge < -0.3 is 15.6 Å². The van der Waals surface area contributed by atoms with E-state index in [0.717, 1.165) is 27.9 Å². The average Bonchev–Trinajstić information content (AvgIpc) is 3.25. The Morgan fingerprint density at radius 3 is 2.61 bits per heavy atom. The smallest absolute Gasteiger partial charge is 0.280 e. The number of benzene rings is 1. The second-order valence-corrected chi connectivity index (χ2v) is 8.34. The second-order valence-electron chi connectivity index (χ2n) is 8.34. The molecule has 0 aliphatic heterocycles. The fraction of sp³-hybridized carbons (Fsp3) is 0.292. The molecule has 7 nitrogen and oxygen atoms in total. The molecular weight excluding hydrogens is 428 g/mol. The minimum atomic E-state index is -2.66. The molecule has 1 aromatic carbocycles. The highest BCUT2D eigenvalue weighted by Crippen LogP contribution is 2.44. The quantitative estimate of drug-likeness (QED) is 0.427. The van der Waals surface area contributed by atoms with E-state index >= 15 is 0 Å². The lowest BCUT2D eigenvalue weighted by Gasteiger charge is -2.44. The summed E-state index contributed by atoms with van der Waals surface area (Å²) in [6.45, 7) is 0. The van der Waals surface area contributed by atoms with Crippen molar-refractivity contribution >= 4 is 10.9 Å². The van der Waals surface area contributed by atoms with Crippen LogP contribution in [0.4, 0.5) is 8.78 Å². The molecule has 1 aliphatic rings. The number of nitrogens with zero attached hydrogens (tertiary/aromatic N) is 4. The van der Waals surface area contributed by atoms with E-state index in [9.17, 15) is 13.9 Å². The number of aromatic nitrogens is 4. The summed E-state index contributed by atoms with van der Waals surface area (Å²) in [7, 11) is 1.49. The molecular formula is C24H23F2N5O2. The number of hydrogen-bond acceptors (Lipinski definition) is 6. The van der Waals surface area contributed by atoms with Crippen molar-refractivity contribution in [2.45, 2.75) is 31.1 Å². The minimum Gasteiger partial charge on any atom is -0.365 e. The van der Waals surface area contributed by atoms with Crippen molar-refractivity contribution in [3.8, 4) is 17.1 Å². The maximum atomic E-state index is 13.1. The molecule has 5 rings (SSSR count). The lowest BCUT2D eigenvalue weighted by atomic mass is 9.73. The topological polar surface area (TPSA) is 99.1 Å². The molecule has 1 saturated carbocycles. The molecule has 0 unspecified atom stereocenters. The zero-order valence-electron chi connectivity index (χ0n) is 17.9. The Balaban J connectivity index is 1.47. The molecule has 0 radical (unpaired) electrons. The number of methoxy groups -OCH3 is 1. The maximum absolute atomic E-state index is 13.1. The molecule has 0 saturated heterocycles. The van der Waals surface area contributed by atoms with E-state index in [0.29, 0.717) is 18.7 Å². The average molecular weight is 451 g/mol. The van der Waals surface area contributed by atoms with Gasteiger partial charge in [-0.2, -0.15) is 5.10 Å². The van der Waals surface area contributed by atoms with Crippen molar-refractivity contribution < 1.29 is 18.6 Å². The number of pyridine rings is 2. The number of rotatable bonds is 6. The van der Waals surface area contributed by atoms with Crippen LogP contribution in [0, 0.1) is 5.92 Å². The van der Waals surface area contributed by atoms with Crippen LogP contribution in [0.1, 0.15) is 36.7 Å². The van der Waals surface area contributed by atoms with Gasteiger partial charge in [0.2, 0.25) is 0 Å². The first-order valence-electron chi connectivity index (χ1n) is 10.6. The van der Waals surface area contributed by atoms with Crippen LogP contribution >= 0.6 is 0 Å². The van der Waals surface area contributed by atoms with Crippen LogP contribution in [0.2, 0.25) is 0 Å². The van der Waals surface area contributed by atoms with E-state index < -0.39 is 12.2 Å². The van der Waals surface area contributed by atoms with Crippen molar-refractivity contribution in [2.75, 3.05) is 7.11 Å². The van der Waals surface area contributed by atoms with Gasteiger partial charge in [-0.05, 0) is 36.2 Å². The van der Waals surface area contributed by atoms with E-state index in [4.69, 9.17) is 15.5 Å². The fourth-order valence-electron chi connectivity index (χ4n) is 4.26. The van der Waals surface area contributed by atoms with Crippen molar-refractivity contribution in [1.29, 1.82) is 0 Å². The molecule has 3 N–H and O–H groups in total. The van der Waals surface area contributed by atoms with Gasteiger partial charge in [0, 0.05) is 30.9 Å². The van der Waals surface area contributed by atoms with E-state index in [-0.39, 0.29) is 17.7 Å². The Hall–Kier alpha value is -3.27. The first-order valence-corrected chi connectivity index (χ1v) is 10.6. The number of nitrogens with two attached hydrogens (primary N) is 1. The van der Waals surface area contributed by atoms with Crippen LogP contribution in [0.5, 0.6) is 0 Å². The summed E-state index contributed by atoms with van der Waals surface area (Å²) in [5.74, 6) is -0.701. The minimum absolute atomic E-state index is 0.0785. The van der Waals surface area contributed by atoms with Gasteiger partial charge in [-0.3, -0.25) is 4.98 Å². The van der Waals surface area contributed by atoms with Gasteiger partial charge in [0.05, 0.1) is 29.1 Å². The lowest BCUT2D eigenvalue weighted by Crippen LogP contribution is -2.49. The lowest BCUT2D eigenvalue weighted by molar-refractivity contribution is -0.256. The zero-order valence-corrected chi connectivity index (χ0v) is 17.9. The Kier molecular flexibility index (Phi) is 5.40. The first-order chi connectivity index (χ1) is 15.9. The van der Waals surface area contributed by atoms with E-state index in [1.54, 1.807) is 23.0 Å². The van der Waals surface area contributed by atoms with E-state index in [1.807, 2.05) is 36.4 Å². The summed E-state index contributed by atoms with van der Waals surface area (Å²) < 4.78 is 32.9. The molecule has 1 atom stereocenters. The van der Waals surface area contributed by atoms with Crippen LogP contribution in [0.15, 0.2) is 60.8 Å². The first kappa shape index (κ1) is 21.6. The van der Waals surface area contributed by atoms with Gasteiger partial charge in [-0.15, -0.1) is 0 Å². The van der Waals surface area contributed by atoms with Crippen molar-refractivity contribution in [3.05, 3.63) is 72.2 Å². The number of halogens is 2. The predicted molar refractivity (Wildman–Crippen MR) is 119 cm³/mol. The molecule has 9 heteroatoms. The third kappa shape index (κ3) is 3.99. The monoisotopic (exact) mass is 451 g/mol.